The van der Waals surface area contributed by atoms with Gasteiger partial charge >= 0.3 is 5.69 Å². The topological polar surface area (TPSA) is 104 Å². The van der Waals surface area contributed by atoms with Crippen LogP contribution in [0.4, 0.5) is 11.6 Å². The zero-order valence-electron chi connectivity index (χ0n) is 9.62. The largest absolute Gasteiger partial charge is 0.468 e. The maximum absolute atomic E-state index is 10.8. The van der Waals surface area contributed by atoms with Crippen LogP contribution in [-0.4, -0.2) is 14.9 Å². The van der Waals surface area contributed by atoms with Gasteiger partial charge in [-0.3, -0.25) is 10.1 Å². The summed E-state index contributed by atoms with van der Waals surface area (Å²) >= 11 is 3.36. The van der Waals surface area contributed by atoms with Gasteiger partial charge in [-0.05, 0) is 6.07 Å². The molecule has 19 heavy (non-hydrogen) atoms. The summed E-state index contributed by atoms with van der Waals surface area (Å²) in [4.78, 5) is 17.5. The number of nitro groups is 1. The maximum atomic E-state index is 10.8. The van der Waals surface area contributed by atoms with Gasteiger partial charge in [0.05, 0.1) is 4.92 Å². The fraction of sp³-hybridized carbons (Fsp3) is 0.0909. The molecule has 0 aliphatic carbocycles. The molecular weight excluding hydrogens is 316 g/mol. The van der Waals surface area contributed by atoms with Gasteiger partial charge in [0, 0.05) is 10.0 Å². The van der Waals surface area contributed by atoms with Crippen molar-refractivity contribution in [1.29, 1.82) is 0 Å². The highest BCUT2D eigenvalue weighted by Gasteiger charge is 2.18. The van der Waals surface area contributed by atoms with Crippen LogP contribution < -0.4 is 10.5 Å². The second-order valence-electron chi connectivity index (χ2n) is 3.56. The molecule has 0 saturated carbocycles. The minimum absolute atomic E-state index is 0.0762. The molecule has 1 aromatic heterocycles. The zero-order valence-corrected chi connectivity index (χ0v) is 11.2. The van der Waals surface area contributed by atoms with Gasteiger partial charge in [0.15, 0.2) is 0 Å². The molecule has 0 fully saturated rings. The lowest BCUT2D eigenvalue weighted by atomic mass is 10.2. The lowest BCUT2D eigenvalue weighted by molar-refractivity contribution is -0.386. The van der Waals surface area contributed by atoms with E-state index in [0.717, 1.165) is 16.2 Å². The average Bonchev–Trinajstić information content (AvgIpc) is 2.37. The van der Waals surface area contributed by atoms with Crippen LogP contribution in [-0.2, 0) is 6.61 Å². The number of nitrogens with two attached hydrogens (primary N) is 1. The molecule has 0 aliphatic heterocycles. The van der Waals surface area contributed by atoms with Gasteiger partial charge in [-0.1, -0.05) is 34.1 Å². The third-order valence-corrected chi connectivity index (χ3v) is 3.05. The quantitative estimate of drug-likeness (QED) is 0.683. The molecule has 0 radical (unpaired) electrons. The second-order valence-corrected chi connectivity index (χ2v) is 4.41. The van der Waals surface area contributed by atoms with Crippen LogP contribution >= 0.6 is 15.9 Å². The molecule has 0 bridgehead atoms. The van der Waals surface area contributed by atoms with Gasteiger partial charge in [0.1, 0.15) is 12.8 Å². The van der Waals surface area contributed by atoms with E-state index in [-0.39, 0.29) is 24.1 Å². The van der Waals surface area contributed by atoms with Gasteiger partial charge < -0.3 is 10.5 Å². The Bertz CT molecular complexity index is 621. The van der Waals surface area contributed by atoms with E-state index in [9.17, 15) is 10.1 Å². The molecule has 2 rings (SSSR count). The predicted octanol–water partition coefficient (Wildman–Crippen LogP) is 2.31. The van der Waals surface area contributed by atoms with E-state index in [1.165, 1.54) is 0 Å². The molecule has 0 saturated heterocycles. The Morgan fingerprint density at radius 1 is 1.42 bits per heavy atom. The Hall–Kier alpha value is -2.22. The highest BCUT2D eigenvalue weighted by Crippen LogP contribution is 2.25. The fourth-order valence-electron chi connectivity index (χ4n) is 1.37. The van der Waals surface area contributed by atoms with Gasteiger partial charge in [-0.2, -0.15) is 4.98 Å². The first-order valence-corrected chi connectivity index (χ1v) is 6.00. The predicted molar refractivity (Wildman–Crippen MR) is 71.6 cm³/mol. The van der Waals surface area contributed by atoms with Crippen LogP contribution in [0.5, 0.6) is 5.88 Å². The van der Waals surface area contributed by atoms with E-state index in [1.54, 1.807) is 0 Å². The smallest absolute Gasteiger partial charge is 0.349 e. The number of hydrogen-bond acceptors (Lipinski definition) is 6. The first kappa shape index (κ1) is 13.2. The van der Waals surface area contributed by atoms with Crippen molar-refractivity contribution in [2.75, 3.05) is 5.73 Å². The molecule has 0 unspecified atom stereocenters. The number of hydrogen-bond donors (Lipinski definition) is 1. The Labute approximate surface area is 116 Å². The minimum Gasteiger partial charge on any atom is -0.468 e. The van der Waals surface area contributed by atoms with E-state index >= 15 is 0 Å². The Kier molecular flexibility index (Phi) is 3.91. The first-order valence-electron chi connectivity index (χ1n) is 5.21. The van der Waals surface area contributed by atoms with E-state index < -0.39 is 4.92 Å². The van der Waals surface area contributed by atoms with Gasteiger partial charge in [0.2, 0.25) is 5.95 Å². The van der Waals surface area contributed by atoms with Crippen molar-refractivity contribution in [3.63, 3.8) is 0 Å². The first-order chi connectivity index (χ1) is 9.08. The molecule has 1 aromatic carbocycles. The molecule has 2 aromatic rings. The van der Waals surface area contributed by atoms with Crippen molar-refractivity contribution in [1.82, 2.24) is 9.97 Å². The van der Waals surface area contributed by atoms with Crippen LogP contribution in [0.2, 0.25) is 0 Å². The molecule has 2 N–H and O–H groups in total. The lowest BCUT2D eigenvalue weighted by Crippen LogP contribution is -2.04. The van der Waals surface area contributed by atoms with Crippen molar-refractivity contribution in [3.8, 4) is 5.88 Å². The van der Waals surface area contributed by atoms with Crippen LogP contribution in [0.3, 0.4) is 0 Å². The Morgan fingerprint density at radius 2 is 2.16 bits per heavy atom. The van der Waals surface area contributed by atoms with E-state index in [0.29, 0.717) is 0 Å². The third-order valence-electron chi connectivity index (χ3n) is 2.27. The Balaban J connectivity index is 2.22. The van der Waals surface area contributed by atoms with Crippen LogP contribution in [0.25, 0.3) is 0 Å². The number of nitrogen functional groups attached to an aromatic ring is 1. The van der Waals surface area contributed by atoms with Crippen molar-refractivity contribution in [2.45, 2.75) is 6.61 Å². The van der Waals surface area contributed by atoms with Gasteiger partial charge in [-0.15, -0.1) is 0 Å². The molecule has 8 heteroatoms. The number of benzene rings is 1. The van der Waals surface area contributed by atoms with Crippen molar-refractivity contribution < 1.29 is 9.66 Å². The average molecular weight is 325 g/mol. The summed E-state index contributed by atoms with van der Waals surface area (Å²) in [6.07, 6.45) is 1.03. The molecule has 7 nitrogen and oxygen atoms in total. The highest BCUT2D eigenvalue weighted by molar-refractivity contribution is 9.10. The number of rotatable bonds is 4. The summed E-state index contributed by atoms with van der Waals surface area (Å²) in [6, 6.07) is 7.38. The number of halogens is 1. The molecule has 0 amide bonds. The Morgan fingerprint density at radius 3 is 2.84 bits per heavy atom. The van der Waals surface area contributed by atoms with E-state index in [2.05, 4.69) is 25.9 Å². The second kappa shape index (κ2) is 5.61. The summed E-state index contributed by atoms with van der Waals surface area (Å²) in [5, 5.41) is 10.8. The fourth-order valence-corrected chi connectivity index (χ4v) is 1.76. The molecular formula is C11H9BrN4O3. The summed E-state index contributed by atoms with van der Waals surface area (Å²) < 4.78 is 6.19. The number of aromatic nitrogens is 2. The number of anilines is 1. The van der Waals surface area contributed by atoms with Crippen molar-refractivity contribution >= 4 is 27.6 Å². The molecule has 0 atom stereocenters. The molecule has 0 spiro atoms. The summed E-state index contributed by atoms with van der Waals surface area (Å²) in [5.41, 5.74) is 5.92. The van der Waals surface area contributed by atoms with E-state index in [1.807, 2.05) is 24.3 Å². The third kappa shape index (κ3) is 3.16. The van der Waals surface area contributed by atoms with Crippen LogP contribution in [0.1, 0.15) is 5.56 Å². The standard InChI is InChI=1S/C11H9BrN4O3/c12-8-4-2-1-3-7(8)6-19-10-9(16(17)18)5-14-11(13)15-10/h1-5H,6H2,(H2,13,14,15). The van der Waals surface area contributed by atoms with Crippen molar-refractivity contribution in [3.05, 3.63) is 50.6 Å². The van der Waals surface area contributed by atoms with Crippen molar-refractivity contribution in [2.24, 2.45) is 0 Å². The SMILES string of the molecule is Nc1ncc([N+](=O)[O-])c(OCc2ccccc2Br)n1. The van der Waals surface area contributed by atoms with Crippen LogP contribution in [0, 0.1) is 10.1 Å². The molecule has 0 aliphatic rings. The summed E-state index contributed by atoms with van der Waals surface area (Å²) in [6.45, 7) is 0.138. The van der Waals surface area contributed by atoms with Gasteiger partial charge in [0.25, 0.3) is 5.88 Å². The minimum atomic E-state index is -0.616. The normalized spacial score (nSPS) is 10.2. The number of ether oxygens (including phenoxy) is 1. The maximum Gasteiger partial charge on any atom is 0.349 e. The number of nitrogens with zero attached hydrogens (tertiary/aromatic N) is 3. The van der Waals surface area contributed by atoms with E-state index in [4.69, 9.17) is 10.5 Å². The highest BCUT2D eigenvalue weighted by atomic mass is 79.9. The zero-order chi connectivity index (χ0) is 13.8. The summed E-state index contributed by atoms with van der Waals surface area (Å²) in [5.74, 6) is -0.221. The monoisotopic (exact) mass is 324 g/mol. The van der Waals surface area contributed by atoms with Gasteiger partial charge in [-0.25, -0.2) is 4.98 Å². The molecule has 98 valence electrons. The van der Waals surface area contributed by atoms with Crippen LogP contribution in [0.15, 0.2) is 34.9 Å². The summed E-state index contributed by atoms with van der Waals surface area (Å²) in [7, 11) is 0. The lowest BCUT2D eigenvalue weighted by Gasteiger charge is -2.07. The molecule has 1 heterocycles.